The Kier molecular flexibility index (Phi) is 30.7. The number of alkyl halides is 2. The van der Waals surface area contributed by atoms with Gasteiger partial charge in [-0.05, 0) is 237 Å². The fourth-order valence-electron chi connectivity index (χ4n) is 18.7. The van der Waals surface area contributed by atoms with E-state index in [9.17, 15) is 32.8 Å². The summed E-state index contributed by atoms with van der Waals surface area (Å²) in [6.45, 7) is 9.63. The molecule has 0 bridgehead atoms. The van der Waals surface area contributed by atoms with Gasteiger partial charge in [-0.25, -0.2) is 8.78 Å². The first-order chi connectivity index (χ1) is 73.4. The van der Waals surface area contributed by atoms with Gasteiger partial charge in [0.2, 0.25) is 0 Å². The molecule has 4 saturated heterocycles. The van der Waals surface area contributed by atoms with Crippen LogP contribution >= 0.6 is 0 Å². The van der Waals surface area contributed by atoms with E-state index in [1.165, 1.54) is 32.1 Å². The minimum atomic E-state index is -2.55. The number of piperidine rings is 2. The zero-order chi connectivity index (χ0) is 103. The minimum absolute atomic E-state index is 0.106. The van der Waals surface area contributed by atoms with E-state index in [0.717, 1.165) is 215 Å². The zero-order valence-corrected chi connectivity index (χ0v) is 82.6. The van der Waals surface area contributed by atoms with Crippen molar-refractivity contribution in [3.63, 3.8) is 0 Å². The summed E-state index contributed by atoms with van der Waals surface area (Å²) in [5.41, 5.74) is 24.9. The van der Waals surface area contributed by atoms with Crippen LogP contribution in [0.5, 0.6) is 0 Å². The Hall–Kier alpha value is -18.2. The Labute approximate surface area is 862 Å². The lowest BCUT2D eigenvalue weighted by Crippen LogP contribution is -2.38. The van der Waals surface area contributed by atoms with Gasteiger partial charge in [0.1, 0.15) is 0 Å². The van der Waals surface area contributed by atoms with Gasteiger partial charge in [0.25, 0.3) is 35.5 Å². The summed E-state index contributed by atoms with van der Waals surface area (Å²) in [5, 5.41) is 54.2. The molecule has 0 spiro atoms. The lowest BCUT2D eigenvalue weighted by molar-refractivity contribution is -0.0566. The number of carbonyl (C=O) groups excluding carboxylic acids is 5. The number of fused-ring (bicyclic) bond motifs is 5. The van der Waals surface area contributed by atoms with E-state index in [4.69, 9.17) is 4.74 Å². The molecule has 5 amide bonds. The van der Waals surface area contributed by atoms with Crippen molar-refractivity contribution in [2.45, 2.75) is 64.0 Å². The van der Waals surface area contributed by atoms with E-state index in [1.807, 2.05) is 317 Å². The average molecular weight is 2000 g/mol. The number of halogens is 2. The van der Waals surface area contributed by atoms with Crippen molar-refractivity contribution >= 4 is 130 Å². The zero-order valence-electron chi connectivity index (χ0n) is 82.6. The quantitative estimate of drug-likeness (QED) is 0.0301. The number of ether oxygens (including phenoxy) is 1. The Bertz CT molecular complexity index is 7930. The Morgan fingerprint density at radius 1 is 0.300 bits per heavy atom. The van der Waals surface area contributed by atoms with Crippen molar-refractivity contribution in [2.75, 3.05) is 121 Å². The predicted molar refractivity (Wildman–Crippen MR) is 586 cm³/mol. The molecule has 0 radical (unpaired) electrons. The van der Waals surface area contributed by atoms with Gasteiger partial charge in [0, 0.05) is 205 Å². The Balaban J connectivity index is 0.000000113. The van der Waals surface area contributed by atoms with Crippen molar-refractivity contribution < 1.29 is 37.5 Å². The van der Waals surface area contributed by atoms with E-state index in [1.54, 1.807) is 12.4 Å². The van der Waals surface area contributed by atoms with Gasteiger partial charge in [0.15, 0.2) is 28.5 Å². The number of hydrogen-bond donors (Lipinski definition) is 10. The first kappa shape index (κ1) is 99.1. The minimum Gasteiger partial charge on any atom is -0.378 e. The Morgan fingerprint density at radius 3 is 0.853 bits per heavy atom. The number of aromatic nitrogens is 15. The third kappa shape index (κ3) is 24.4. The molecule has 10 aromatic heterocycles. The molecule has 4 fully saturated rings. The second kappa shape index (κ2) is 46.4. The van der Waals surface area contributed by atoms with Gasteiger partial charge in [-0.3, -0.25) is 79.3 Å². The highest BCUT2D eigenvalue weighted by atomic mass is 19.3. The first-order valence-electron chi connectivity index (χ1n) is 50.0. The summed E-state index contributed by atoms with van der Waals surface area (Å²) in [6, 6.07) is 87.0. The first-order valence-corrected chi connectivity index (χ1v) is 50.0. The molecule has 0 saturated carbocycles. The van der Waals surface area contributed by atoms with E-state index in [-0.39, 0.29) is 42.4 Å². The molecule has 0 unspecified atom stereocenters. The van der Waals surface area contributed by atoms with Crippen LogP contribution in [0.4, 0.5) is 54.3 Å². The maximum absolute atomic E-state index is 13.4. The van der Waals surface area contributed by atoms with Crippen molar-refractivity contribution in [3.8, 4) is 55.6 Å². The monoisotopic (exact) mass is 2000 g/mol. The molecular weight excluding hydrogens is 1890 g/mol. The van der Waals surface area contributed by atoms with E-state index >= 15 is 0 Å². The number of aromatic amines is 5. The smallest absolute Gasteiger partial charge is 0.276 e. The summed E-state index contributed by atoms with van der Waals surface area (Å²) in [6.07, 6.45) is 24.6. The number of nitrogens with one attached hydrogen (secondary N) is 10. The van der Waals surface area contributed by atoms with Gasteiger partial charge < -0.3 is 50.9 Å². The second-order valence-electron chi connectivity index (χ2n) is 37.4. The molecule has 10 N–H and O–H groups in total. The van der Waals surface area contributed by atoms with Crippen LogP contribution < -0.4 is 41.3 Å². The van der Waals surface area contributed by atoms with Gasteiger partial charge >= 0.3 is 0 Å². The van der Waals surface area contributed by atoms with Crippen LogP contribution in [-0.2, 0) is 17.8 Å². The number of amides is 5. The molecule has 10 aromatic carbocycles. The molecule has 0 aliphatic carbocycles. The van der Waals surface area contributed by atoms with Gasteiger partial charge in [-0.1, -0.05) is 121 Å². The maximum Gasteiger partial charge on any atom is 0.276 e. The molecule has 4 aliphatic heterocycles. The van der Waals surface area contributed by atoms with E-state index in [2.05, 4.69) is 146 Å². The Morgan fingerprint density at radius 2 is 0.560 bits per heavy atom. The van der Waals surface area contributed by atoms with Crippen molar-refractivity contribution in [2.24, 2.45) is 0 Å². The highest BCUT2D eigenvalue weighted by Crippen LogP contribution is 2.37. The molecule has 33 heteroatoms. The van der Waals surface area contributed by atoms with Crippen LogP contribution in [-0.4, -0.2) is 201 Å². The third-order valence-electron chi connectivity index (χ3n) is 26.5. The highest BCUT2D eigenvalue weighted by molar-refractivity contribution is 6.16. The lowest BCUT2D eigenvalue weighted by atomic mass is 10.0. The SMILES string of the molecule is CN(C)Cc1cncc(-c2ccc3[nH]nc(C(=O)Nc4ccccc4)c3c2)c1.O=C(Nc1ccccc1)c1n[nH]c2ccc(-c3cncc(CN4CCC(F)(F)CC4)c3)cc12.O=C(Nc1ccccc1)c1n[nH]c2ccc(-c3cncc(N4CCCC4)c3)cc12.O=C(Nc1ccccc1)c1n[nH]c2ccc(-c3cncc(N4CCCCC4)c3)cc12.O=C(Nc1ccccc1)c1n[nH]c2ccc(-c3cncc(N4CCOCC4)c3)cc12. The van der Waals surface area contributed by atoms with Gasteiger partial charge in [0.05, 0.1) is 76.4 Å². The maximum atomic E-state index is 13.4. The van der Waals surface area contributed by atoms with Crippen LogP contribution in [0, 0.1) is 0 Å². The molecule has 20 aromatic rings. The second-order valence-corrected chi connectivity index (χ2v) is 37.4. The number of carbonyl (C=O) groups is 5. The summed E-state index contributed by atoms with van der Waals surface area (Å²) in [5.74, 6) is -3.80. The fraction of sp³-hybridized carbons (Fsp3) is 0.188. The number of H-pyrrole nitrogens is 5. The van der Waals surface area contributed by atoms with Crippen LogP contribution in [0.15, 0.2) is 335 Å². The number of nitrogens with zero attached hydrogens (tertiary/aromatic N) is 15. The number of para-hydroxylation sites is 5. The number of rotatable bonds is 22. The summed E-state index contributed by atoms with van der Waals surface area (Å²) in [4.78, 5) is 97.0. The molecule has 24 rings (SSSR count). The lowest BCUT2D eigenvalue weighted by Gasteiger charge is -2.31. The van der Waals surface area contributed by atoms with Crippen LogP contribution in [0.1, 0.15) is 109 Å². The third-order valence-corrected chi connectivity index (χ3v) is 26.5. The molecule has 0 atom stereocenters. The van der Waals surface area contributed by atoms with Crippen molar-refractivity contribution in [3.05, 3.63) is 375 Å². The van der Waals surface area contributed by atoms with E-state index in [0.29, 0.717) is 59.2 Å². The summed E-state index contributed by atoms with van der Waals surface area (Å²) in [7, 11) is 4.06. The van der Waals surface area contributed by atoms with Crippen molar-refractivity contribution in [1.82, 2.24) is 85.7 Å². The normalized spacial score (nSPS) is 13.9. The number of morpholine rings is 1. The molecule has 14 heterocycles. The van der Waals surface area contributed by atoms with Gasteiger partial charge in [-0.15, -0.1) is 0 Å². The molecule has 752 valence electrons. The predicted octanol–water partition coefficient (Wildman–Crippen LogP) is 22.1. The largest absolute Gasteiger partial charge is 0.378 e. The van der Waals surface area contributed by atoms with E-state index < -0.39 is 5.92 Å². The average Bonchev–Trinajstić information content (AvgIpc) is 1.64. The fourth-order valence-corrected chi connectivity index (χ4v) is 18.7. The van der Waals surface area contributed by atoms with Crippen LogP contribution in [0.25, 0.3) is 110 Å². The van der Waals surface area contributed by atoms with Crippen LogP contribution in [0.2, 0.25) is 0 Å². The standard InChI is InChI=1S/C25H23F2N5O.C24H23N5O.C23H21N5O2.C23H21N5O.C22H21N5O/c26-25(27)8-10-32(11-9-25)16-17-12-19(15-28-14-17)18-6-7-22-21(13-18)23(31-30-22)24(33)29-20-4-2-1-3-5-20;30-24(26-19-7-3-1-4-8-19)23-21-14-17(9-10-22(21)27-28-23)18-13-20(16-25-15-18)29-11-5-2-6-12-29;29-23(25-18-4-2-1-3-5-18)22-20-13-16(6-7-21(20)26-27-22)17-12-19(15-24-14-17)28-8-10-30-11-9-28;29-23(25-18-6-2-1-3-7-18)22-20-13-16(8-9-21(20)26-27-22)17-12-19(15-24-14-17)28-10-4-5-11-28;1-27(2)14-15-10-17(13-23-12-15)16-8-9-20-19(11-16)21(26-25-20)22(28)24-18-6-4-3-5-7-18/h1-7,12-15H,8-11,16H2,(H,29,33)(H,30,31);1,3-4,7-10,13-16H,2,5-6,11-12H2,(H,26,30)(H,27,28);1-7,12-15H,8-11H2,(H,25,29)(H,26,27);1-3,6-9,12-15H,4-5,10-11H2,(H,25,29)(H,26,27);3-13H,14H2,1-2H3,(H,24,28)(H,25,26). The van der Waals surface area contributed by atoms with Gasteiger partial charge in [-0.2, -0.15) is 25.5 Å². The molecular formula is C117H109F2N25O6. The molecule has 4 aliphatic rings. The van der Waals surface area contributed by atoms with Crippen molar-refractivity contribution in [1.29, 1.82) is 0 Å². The number of likely N-dealkylation sites (tertiary alicyclic amines) is 1. The number of benzene rings is 10. The summed E-state index contributed by atoms with van der Waals surface area (Å²) < 4.78 is 32.3. The molecule has 150 heavy (non-hydrogen) atoms. The topological polar surface area (TPSA) is 379 Å². The highest BCUT2D eigenvalue weighted by Gasteiger charge is 2.34. The molecule has 31 nitrogen and oxygen atoms in total. The number of hydrogen-bond acceptors (Lipinski definition) is 21. The summed E-state index contributed by atoms with van der Waals surface area (Å²) >= 11 is 0. The number of pyridine rings is 5. The number of anilines is 8. The van der Waals surface area contributed by atoms with Crippen LogP contribution in [0.3, 0.4) is 0 Å².